The van der Waals surface area contributed by atoms with Crippen LogP contribution in [-0.2, 0) is 14.2 Å². The fourth-order valence-electron chi connectivity index (χ4n) is 1.41. The van der Waals surface area contributed by atoms with Gasteiger partial charge in [-0.1, -0.05) is 0 Å². The number of hydrogen-bond donors (Lipinski definition) is 0. The van der Waals surface area contributed by atoms with E-state index in [0.717, 1.165) is 32.7 Å². The summed E-state index contributed by atoms with van der Waals surface area (Å²) in [6, 6.07) is 0. The molecule has 0 aliphatic carbocycles. The van der Waals surface area contributed by atoms with Crippen LogP contribution in [0.3, 0.4) is 0 Å². The van der Waals surface area contributed by atoms with Gasteiger partial charge in [0.2, 0.25) is 0 Å². The van der Waals surface area contributed by atoms with Crippen LogP contribution < -0.4 is 0 Å². The second-order valence-corrected chi connectivity index (χ2v) is 3.41. The lowest BCUT2D eigenvalue weighted by atomic mass is 10.2. The molecule has 2 saturated heterocycles. The van der Waals surface area contributed by atoms with E-state index in [1.807, 2.05) is 0 Å². The molecular formula is C9H16O3. The fourth-order valence-corrected chi connectivity index (χ4v) is 1.41. The van der Waals surface area contributed by atoms with Gasteiger partial charge in [-0.3, -0.25) is 0 Å². The summed E-state index contributed by atoms with van der Waals surface area (Å²) < 4.78 is 16.0. The average molecular weight is 172 g/mol. The highest BCUT2D eigenvalue weighted by Gasteiger charge is 2.22. The van der Waals surface area contributed by atoms with Gasteiger partial charge >= 0.3 is 0 Å². The Labute approximate surface area is 73.0 Å². The van der Waals surface area contributed by atoms with Crippen LogP contribution in [0.1, 0.15) is 25.7 Å². The third kappa shape index (κ3) is 2.73. The summed E-state index contributed by atoms with van der Waals surface area (Å²) in [5.74, 6) is 0. The summed E-state index contributed by atoms with van der Waals surface area (Å²) in [5.41, 5.74) is 0. The van der Waals surface area contributed by atoms with Crippen molar-refractivity contribution in [2.24, 2.45) is 0 Å². The van der Waals surface area contributed by atoms with Crippen molar-refractivity contribution in [3.63, 3.8) is 0 Å². The molecule has 0 bridgehead atoms. The van der Waals surface area contributed by atoms with E-state index < -0.39 is 0 Å². The number of epoxide rings is 1. The molecule has 0 radical (unpaired) electrons. The van der Waals surface area contributed by atoms with E-state index in [2.05, 4.69) is 0 Å². The van der Waals surface area contributed by atoms with Crippen LogP contribution in [0.4, 0.5) is 0 Å². The predicted molar refractivity (Wildman–Crippen MR) is 43.9 cm³/mol. The minimum Gasteiger partial charge on any atom is -0.373 e. The Hall–Kier alpha value is -0.120. The van der Waals surface area contributed by atoms with Gasteiger partial charge in [0.05, 0.1) is 19.3 Å². The zero-order valence-corrected chi connectivity index (χ0v) is 7.33. The van der Waals surface area contributed by atoms with Crippen molar-refractivity contribution in [3.05, 3.63) is 0 Å². The van der Waals surface area contributed by atoms with Crippen LogP contribution in [0, 0.1) is 0 Å². The molecule has 2 aliphatic rings. The largest absolute Gasteiger partial charge is 0.373 e. The van der Waals surface area contributed by atoms with E-state index in [4.69, 9.17) is 14.2 Å². The normalized spacial score (nSPS) is 35.0. The summed E-state index contributed by atoms with van der Waals surface area (Å²) in [6.07, 6.45) is 5.06. The molecule has 0 spiro atoms. The van der Waals surface area contributed by atoms with Crippen molar-refractivity contribution < 1.29 is 14.2 Å². The van der Waals surface area contributed by atoms with Crippen molar-refractivity contribution in [3.8, 4) is 0 Å². The molecule has 2 atom stereocenters. The first-order valence-corrected chi connectivity index (χ1v) is 4.80. The molecular weight excluding hydrogens is 156 g/mol. The highest BCUT2D eigenvalue weighted by atomic mass is 16.7. The van der Waals surface area contributed by atoms with Gasteiger partial charge in [0.1, 0.15) is 0 Å². The zero-order valence-electron chi connectivity index (χ0n) is 7.33. The molecule has 2 fully saturated rings. The van der Waals surface area contributed by atoms with E-state index >= 15 is 0 Å². The SMILES string of the molecule is C1CCC(OCCC2CO2)OC1. The van der Waals surface area contributed by atoms with Crippen LogP contribution in [0.25, 0.3) is 0 Å². The molecule has 0 saturated carbocycles. The van der Waals surface area contributed by atoms with Crippen molar-refractivity contribution in [1.82, 2.24) is 0 Å². The molecule has 0 aromatic heterocycles. The van der Waals surface area contributed by atoms with Gasteiger partial charge in [0.25, 0.3) is 0 Å². The molecule has 70 valence electrons. The van der Waals surface area contributed by atoms with Crippen LogP contribution >= 0.6 is 0 Å². The molecule has 0 amide bonds. The second-order valence-electron chi connectivity index (χ2n) is 3.41. The molecule has 0 aromatic rings. The van der Waals surface area contributed by atoms with E-state index in [1.165, 1.54) is 12.8 Å². The Balaban J connectivity index is 1.52. The molecule has 0 aromatic carbocycles. The van der Waals surface area contributed by atoms with E-state index in [9.17, 15) is 0 Å². The smallest absolute Gasteiger partial charge is 0.157 e. The van der Waals surface area contributed by atoms with Gasteiger partial charge < -0.3 is 14.2 Å². The monoisotopic (exact) mass is 172 g/mol. The quantitative estimate of drug-likeness (QED) is 0.599. The maximum absolute atomic E-state index is 5.53. The standard InChI is InChI=1S/C9H16O3/c1-2-5-10-9(3-1)11-6-4-8-7-12-8/h8-9H,1-7H2. The first-order valence-electron chi connectivity index (χ1n) is 4.80. The summed E-state index contributed by atoms with van der Waals surface area (Å²) in [5, 5.41) is 0. The Morgan fingerprint density at radius 1 is 1.25 bits per heavy atom. The van der Waals surface area contributed by atoms with Crippen LogP contribution in [0.2, 0.25) is 0 Å². The van der Waals surface area contributed by atoms with E-state index in [0.29, 0.717) is 6.10 Å². The summed E-state index contributed by atoms with van der Waals surface area (Å²) in [4.78, 5) is 0. The van der Waals surface area contributed by atoms with Gasteiger partial charge in [0.15, 0.2) is 6.29 Å². The number of rotatable bonds is 4. The second kappa shape index (κ2) is 4.21. The first kappa shape index (κ1) is 8.48. The third-order valence-electron chi connectivity index (χ3n) is 2.28. The van der Waals surface area contributed by atoms with Crippen LogP contribution in [0.15, 0.2) is 0 Å². The van der Waals surface area contributed by atoms with E-state index in [-0.39, 0.29) is 6.29 Å². The van der Waals surface area contributed by atoms with Crippen molar-refractivity contribution in [2.75, 3.05) is 19.8 Å². The number of ether oxygens (including phenoxy) is 3. The molecule has 2 rings (SSSR count). The summed E-state index contributed by atoms with van der Waals surface area (Å²) in [7, 11) is 0. The summed E-state index contributed by atoms with van der Waals surface area (Å²) >= 11 is 0. The van der Waals surface area contributed by atoms with Gasteiger partial charge in [0, 0.05) is 6.61 Å². The lowest BCUT2D eigenvalue weighted by Crippen LogP contribution is -2.23. The molecule has 3 heteroatoms. The van der Waals surface area contributed by atoms with Crippen molar-refractivity contribution >= 4 is 0 Å². The Bertz CT molecular complexity index is 128. The Morgan fingerprint density at radius 2 is 2.17 bits per heavy atom. The maximum Gasteiger partial charge on any atom is 0.157 e. The predicted octanol–water partition coefficient (Wildman–Crippen LogP) is 1.32. The van der Waals surface area contributed by atoms with E-state index in [1.54, 1.807) is 0 Å². The molecule has 0 N–H and O–H groups in total. The Kier molecular flexibility index (Phi) is 2.98. The molecule has 2 heterocycles. The summed E-state index contributed by atoms with van der Waals surface area (Å²) in [6.45, 7) is 2.58. The first-order chi connectivity index (χ1) is 5.95. The highest BCUT2D eigenvalue weighted by Crippen LogP contribution is 2.17. The lowest BCUT2D eigenvalue weighted by Gasteiger charge is -2.22. The molecule has 3 nitrogen and oxygen atoms in total. The van der Waals surface area contributed by atoms with Gasteiger partial charge in [-0.25, -0.2) is 0 Å². The van der Waals surface area contributed by atoms with Gasteiger partial charge in [-0.15, -0.1) is 0 Å². The van der Waals surface area contributed by atoms with Gasteiger partial charge in [-0.2, -0.15) is 0 Å². The minimum absolute atomic E-state index is 0.0671. The Morgan fingerprint density at radius 3 is 2.83 bits per heavy atom. The average Bonchev–Trinajstić information content (AvgIpc) is 2.90. The van der Waals surface area contributed by atoms with Crippen LogP contribution in [0.5, 0.6) is 0 Å². The topological polar surface area (TPSA) is 31.0 Å². The lowest BCUT2D eigenvalue weighted by molar-refractivity contribution is -0.163. The third-order valence-corrected chi connectivity index (χ3v) is 2.28. The van der Waals surface area contributed by atoms with Gasteiger partial charge in [-0.05, 0) is 25.7 Å². The molecule has 2 aliphatic heterocycles. The number of hydrogen-bond acceptors (Lipinski definition) is 3. The van der Waals surface area contributed by atoms with Crippen molar-refractivity contribution in [1.29, 1.82) is 0 Å². The zero-order chi connectivity index (χ0) is 8.23. The molecule has 12 heavy (non-hydrogen) atoms. The minimum atomic E-state index is 0.0671. The van der Waals surface area contributed by atoms with Crippen LogP contribution in [-0.4, -0.2) is 32.2 Å². The highest BCUT2D eigenvalue weighted by molar-refractivity contribution is 4.68. The van der Waals surface area contributed by atoms with Crippen molar-refractivity contribution in [2.45, 2.75) is 38.1 Å². The maximum atomic E-state index is 5.53. The molecule has 2 unspecified atom stereocenters. The fraction of sp³-hybridized carbons (Fsp3) is 1.00.